The zero-order valence-corrected chi connectivity index (χ0v) is 15.7. The second kappa shape index (κ2) is 7.92. The summed E-state index contributed by atoms with van der Waals surface area (Å²) in [6, 6.07) is -0.0930. The van der Waals surface area contributed by atoms with E-state index in [2.05, 4.69) is 10.1 Å². The molecule has 2 aromatic rings. The molecule has 0 aliphatic carbocycles. The predicted molar refractivity (Wildman–Crippen MR) is 94.4 cm³/mol. The highest BCUT2D eigenvalue weighted by Gasteiger charge is 2.34. The largest absolute Gasteiger partial charge is 0.380 e. The first-order valence-electron chi connectivity index (χ1n) is 8.72. The van der Waals surface area contributed by atoms with Gasteiger partial charge in [0.1, 0.15) is 5.76 Å². The minimum atomic E-state index is -0.142. The molecule has 8 nitrogen and oxygen atoms in total. The summed E-state index contributed by atoms with van der Waals surface area (Å²) < 4.78 is 10.4. The zero-order chi connectivity index (χ0) is 18.7. The predicted octanol–water partition coefficient (Wildman–Crippen LogP) is 1.96. The SMILES string of the molecule is COCc1c(C(=O)N2CCCC2c2cncc(CN(C)C)n2)noc1C. The van der Waals surface area contributed by atoms with Crippen molar-refractivity contribution < 1.29 is 14.1 Å². The first-order chi connectivity index (χ1) is 12.5. The van der Waals surface area contributed by atoms with Gasteiger partial charge < -0.3 is 19.1 Å². The maximum Gasteiger partial charge on any atom is 0.276 e. The van der Waals surface area contributed by atoms with Crippen LogP contribution in [0, 0.1) is 6.92 Å². The molecule has 1 aliphatic heterocycles. The molecule has 1 unspecified atom stereocenters. The lowest BCUT2D eigenvalue weighted by atomic mass is 10.1. The maximum absolute atomic E-state index is 13.1. The molecule has 0 bridgehead atoms. The third-order valence-corrected chi connectivity index (χ3v) is 4.51. The van der Waals surface area contributed by atoms with Crippen molar-refractivity contribution in [2.75, 3.05) is 27.7 Å². The molecule has 0 N–H and O–H groups in total. The molecule has 0 aromatic carbocycles. The smallest absolute Gasteiger partial charge is 0.276 e. The molecular weight excluding hydrogens is 334 g/mol. The highest BCUT2D eigenvalue weighted by molar-refractivity contribution is 5.94. The number of ether oxygens (including phenoxy) is 1. The molecule has 8 heteroatoms. The summed E-state index contributed by atoms with van der Waals surface area (Å²) in [5.41, 5.74) is 2.75. The van der Waals surface area contributed by atoms with Gasteiger partial charge in [0, 0.05) is 26.4 Å². The van der Waals surface area contributed by atoms with Crippen LogP contribution in [-0.2, 0) is 17.9 Å². The van der Waals surface area contributed by atoms with Gasteiger partial charge in [-0.25, -0.2) is 0 Å². The zero-order valence-electron chi connectivity index (χ0n) is 15.7. The Balaban J connectivity index is 1.85. The maximum atomic E-state index is 13.1. The van der Waals surface area contributed by atoms with Crippen LogP contribution in [0.4, 0.5) is 0 Å². The normalized spacial score (nSPS) is 17.3. The van der Waals surface area contributed by atoms with Crippen LogP contribution in [0.3, 0.4) is 0 Å². The molecule has 1 saturated heterocycles. The van der Waals surface area contributed by atoms with E-state index in [1.807, 2.05) is 23.9 Å². The van der Waals surface area contributed by atoms with Gasteiger partial charge in [-0.15, -0.1) is 0 Å². The van der Waals surface area contributed by atoms with Crippen LogP contribution in [0.1, 0.15) is 52.1 Å². The van der Waals surface area contributed by atoms with E-state index in [1.54, 1.807) is 26.4 Å². The van der Waals surface area contributed by atoms with E-state index in [0.29, 0.717) is 36.7 Å². The molecule has 1 amide bonds. The third-order valence-electron chi connectivity index (χ3n) is 4.51. The van der Waals surface area contributed by atoms with E-state index in [9.17, 15) is 4.79 Å². The molecule has 2 aromatic heterocycles. The average Bonchev–Trinajstić information content (AvgIpc) is 3.22. The lowest BCUT2D eigenvalue weighted by Crippen LogP contribution is -2.32. The summed E-state index contributed by atoms with van der Waals surface area (Å²) in [4.78, 5) is 26.0. The summed E-state index contributed by atoms with van der Waals surface area (Å²) in [6.07, 6.45) is 5.30. The van der Waals surface area contributed by atoms with Crippen molar-refractivity contribution in [2.45, 2.75) is 39.0 Å². The minimum Gasteiger partial charge on any atom is -0.380 e. The van der Waals surface area contributed by atoms with Crippen molar-refractivity contribution in [2.24, 2.45) is 0 Å². The van der Waals surface area contributed by atoms with Crippen LogP contribution in [0.5, 0.6) is 0 Å². The first kappa shape index (κ1) is 18.5. The Bertz CT molecular complexity index is 774. The van der Waals surface area contributed by atoms with Gasteiger partial charge in [-0.3, -0.25) is 14.8 Å². The molecule has 1 fully saturated rings. The number of methoxy groups -OCH3 is 1. The van der Waals surface area contributed by atoms with Crippen molar-refractivity contribution in [1.82, 2.24) is 24.9 Å². The molecule has 0 radical (unpaired) electrons. The van der Waals surface area contributed by atoms with Gasteiger partial charge in [0.2, 0.25) is 0 Å². The molecule has 1 atom stereocenters. The Kier molecular flexibility index (Phi) is 5.63. The second-order valence-corrected chi connectivity index (χ2v) is 6.83. The van der Waals surface area contributed by atoms with Crippen molar-refractivity contribution in [1.29, 1.82) is 0 Å². The van der Waals surface area contributed by atoms with Crippen LogP contribution in [0.15, 0.2) is 16.9 Å². The Labute approximate surface area is 153 Å². The Hall–Kier alpha value is -2.32. The average molecular weight is 359 g/mol. The number of carbonyl (C=O) groups excluding carboxylic acids is 1. The summed E-state index contributed by atoms with van der Waals surface area (Å²) in [6.45, 7) is 3.46. The molecular formula is C18H25N5O3. The van der Waals surface area contributed by atoms with Gasteiger partial charge in [-0.05, 0) is 33.9 Å². The monoisotopic (exact) mass is 359 g/mol. The first-order valence-corrected chi connectivity index (χ1v) is 8.72. The molecule has 1 aliphatic rings. The Morgan fingerprint density at radius 3 is 2.96 bits per heavy atom. The molecule has 3 heterocycles. The highest BCUT2D eigenvalue weighted by atomic mass is 16.5. The van der Waals surface area contributed by atoms with Crippen molar-refractivity contribution in [3.8, 4) is 0 Å². The van der Waals surface area contributed by atoms with Crippen molar-refractivity contribution in [3.63, 3.8) is 0 Å². The number of hydrogen-bond acceptors (Lipinski definition) is 7. The number of aromatic nitrogens is 3. The topological polar surface area (TPSA) is 84.6 Å². The highest BCUT2D eigenvalue weighted by Crippen LogP contribution is 2.32. The van der Waals surface area contributed by atoms with Crippen LogP contribution in [0.2, 0.25) is 0 Å². The quantitative estimate of drug-likeness (QED) is 0.779. The lowest BCUT2D eigenvalue weighted by molar-refractivity contribution is 0.0717. The van der Waals surface area contributed by atoms with Crippen LogP contribution in [0.25, 0.3) is 0 Å². The summed E-state index contributed by atoms with van der Waals surface area (Å²) in [5.74, 6) is 0.468. The summed E-state index contributed by atoms with van der Waals surface area (Å²) in [7, 11) is 5.57. The van der Waals surface area contributed by atoms with E-state index in [-0.39, 0.29) is 11.9 Å². The Morgan fingerprint density at radius 1 is 1.42 bits per heavy atom. The standard InChI is InChI=1S/C18H25N5O3/c1-12-14(11-25-4)17(21-26-12)18(24)23-7-5-6-16(23)15-9-19-8-13(20-15)10-22(2)3/h8-9,16H,5-7,10-11H2,1-4H3. The number of rotatable bonds is 6. The van der Waals surface area contributed by atoms with E-state index in [0.717, 1.165) is 24.2 Å². The van der Waals surface area contributed by atoms with Gasteiger partial charge in [0.25, 0.3) is 5.91 Å². The van der Waals surface area contributed by atoms with E-state index >= 15 is 0 Å². The van der Waals surface area contributed by atoms with Crippen LogP contribution < -0.4 is 0 Å². The summed E-state index contributed by atoms with van der Waals surface area (Å²) in [5, 5.41) is 3.97. The van der Waals surface area contributed by atoms with Gasteiger partial charge in [-0.1, -0.05) is 5.16 Å². The fraction of sp³-hybridized carbons (Fsp3) is 0.556. The van der Waals surface area contributed by atoms with Gasteiger partial charge >= 0.3 is 0 Å². The molecule has 140 valence electrons. The number of hydrogen-bond donors (Lipinski definition) is 0. The number of aryl methyl sites for hydroxylation is 1. The summed E-state index contributed by atoms with van der Waals surface area (Å²) >= 11 is 0. The van der Waals surface area contributed by atoms with Crippen LogP contribution in [-0.4, -0.2) is 58.6 Å². The Morgan fingerprint density at radius 2 is 2.23 bits per heavy atom. The van der Waals surface area contributed by atoms with E-state index < -0.39 is 0 Å². The number of nitrogens with zero attached hydrogens (tertiary/aromatic N) is 5. The lowest BCUT2D eigenvalue weighted by Gasteiger charge is -2.24. The third kappa shape index (κ3) is 3.76. The van der Waals surface area contributed by atoms with E-state index in [1.165, 1.54) is 0 Å². The van der Waals surface area contributed by atoms with Gasteiger partial charge in [0.15, 0.2) is 5.69 Å². The van der Waals surface area contributed by atoms with Gasteiger partial charge in [-0.2, -0.15) is 0 Å². The molecule has 26 heavy (non-hydrogen) atoms. The van der Waals surface area contributed by atoms with E-state index in [4.69, 9.17) is 14.2 Å². The van der Waals surface area contributed by atoms with Crippen molar-refractivity contribution >= 4 is 5.91 Å². The number of carbonyl (C=O) groups is 1. The minimum absolute atomic E-state index is 0.0930. The fourth-order valence-electron chi connectivity index (χ4n) is 3.31. The molecule has 0 saturated carbocycles. The molecule has 0 spiro atoms. The second-order valence-electron chi connectivity index (χ2n) is 6.83. The number of amides is 1. The fourth-order valence-corrected chi connectivity index (χ4v) is 3.31. The molecule has 3 rings (SSSR count). The number of likely N-dealkylation sites (tertiary alicyclic amines) is 1. The van der Waals surface area contributed by atoms with Crippen LogP contribution >= 0.6 is 0 Å². The van der Waals surface area contributed by atoms with Crippen molar-refractivity contribution in [3.05, 3.63) is 40.8 Å². The van der Waals surface area contributed by atoms with Gasteiger partial charge in [0.05, 0.1) is 35.8 Å².